The molecule has 0 saturated carbocycles. The first-order valence-corrected chi connectivity index (χ1v) is 10.2. The van der Waals surface area contributed by atoms with Gasteiger partial charge in [-0.1, -0.05) is 0 Å². The van der Waals surface area contributed by atoms with Gasteiger partial charge in [-0.2, -0.15) is 4.31 Å². The lowest BCUT2D eigenvalue weighted by molar-refractivity contribution is 0.0995. The van der Waals surface area contributed by atoms with Crippen LogP contribution in [0.2, 0.25) is 0 Å². The highest BCUT2D eigenvalue weighted by Gasteiger charge is 2.31. The summed E-state index contributed by atoms with van der Waals surface area (Å²) < 4.78 is 37.6. The fourth-order valence-corrected chi connectivity index (χ4v) is 4.58. The molecule has 1 aliphatic rings. The molecule has 1 aromatic heterocycles. The van der Waals surface area contributed by atoms with E-state index in [9.17, 15) is 13.2 Å². The van der Waals surface area contributed by atoms with Gasteiger partial charge in [-0.25, -0.2) is 8.42 Å². The number of furan rings is 1. The molecule has 2 heterocycles. The molecule has 0 unspecified atom stereocenters. The van der Waals surface area contributed by atoms with Gasteiger partial charge in [-0.3, -0.25) is 4.79 Å². The van der Waals surface area contributed by atoms with E-state index in [1.54, 1.807) is 31.2 Å². The number of nitrogens with two attached hydrogens (primary N) is 1. The highest BCUT2D eigenvalue weighted by atomic mass is 35.5. The third kappa shape index (κ3) is 4.85. The van der Waals surface area contributed by atoms with E-state index in [0.29, 0.717) is 37.7 Å². The Labute approximate surface area is 170 Å². The van der Waals surface area contributed by atoms with Crippen molar-refractivity contribution in [3.63, 3.8) is 0 Å². The molecule has 0 bridgehead atoms. The van der Waals surface area contributed by atoms with Crippen molar-refractivity contribution in [3.05, 3.63) is 41.9 Å². The van der Waals surface area contributed by atoms with Gasteiger partial charge >= 0.3 is 0 Å². The minimum atomic E-state index is -3.64. The molecule has 1 amide bonds. The molecule has 0 atom stereocenters. The lowest BCUT2D eigenvalue weighted by atomic mass is 10.3. The van der Waals surface area contributed by atoms with Gasteiger partial charge < -0.3 is 20.2 Å². The zero-order chi connectivity index (χ0) is 19.4. The van der Waals surface area contributed by atoms with E-state index in [1.165, 1.54) is 10.4 Å². The third-order valence-corrected chi connectivity index (χ3v) is 6.28. The van der Waals surface area contributed by atoms with Crippen molar-refractivity contribution in [1.29, 1.82) is 0 Å². The summed E-state index contributed by atoms with van der Waals surface area (Å²) in [7, 11) is -3.64. The van der Waals surface area contributed by atoms with Crippen LogP contribution in [-0.2, 0) is 10.0 Å². The summed E-state index contributed by atoms with van der Waals surface area (Å²) in [6, 6.07) is 8.07. The smallest absolute Gasteiger partial charge is 0.291 e. The van der Waals surface area contributed by atoms with Gasteiger partial charge in [0.2, 0.25) is 10.0 Å². The van der Waals surface area contributed by atoms with Gasteiger partial charge in [-0.05, 0) is 44.0 Å². The van der Waals surface area contributed by atoms with E-state index in [1.807, 2.05) is 0 Å². The summed E-state index contributed by atoms with van der Waals surface area (Å²) >= 11 is 0. The Balaban J connectivity index is 0.00000280. The van der Waals surface area contributed by atoms with E-state index in [-0.39, 0.29) is 28.8 Å². The van der Waals surface area contributed by atoms with Crippen LogP contribution in [0.15, 0.2) is 39.6 Å². The molecule has 10 heteroatoms. The number of hydrogen-bond donors (Lipinski definition) is 2. The van der Waals surface area contributed by atoms with Crippen LogP contribution in [0.3, 0.4) is 0 Å². The van der Waals surface area contributed by atoms with Crippen LogP contribution in [0.4, 0.5) is 5.69 Å². The molecule has 1 aliphatic heterocycles. The molecule has 8 nitrogen and oxygen atoms in total. The molecule has 28 heavy (non-hydrogen) atoms. The maximum absolute atomic E-state index is 12.7. The summed E-state index contributed by atoms with van der Waals surface area (Å²) in [6.45, 7) is 3.36. The molecular weight excluding hydrogens is 406 g/mol. The minimum Gasteiger partial charge on any atom is -0.492 e. The number of hydrogen-bond acceptors (Lipinski definition) is 6. The average molecular weight is 430 g/mol. The number of halogens is 1. The third-order valence-electron chi connectivity index (χ3n) is 4.28. The molecule has 2 aromatic rings. The van der Waals surface area contributed by atoms with E-state index < -0.39 is 15.9 Å². The van der Waals surface area contributed by atoms with Crippen molar-refractivity contribution in [2.75, 3.05) is 31.6 Å². The summed E-state index contributed by atoms with van der Waals surface area (Å²) in [4.78, 5) is 12.5. The van der Waals surface area contributed by atoms with Crippen LogP contribution in [0.25, 0.3) is 0 Å². The molecule has 3 N–H and O–H groups in total. The highest BCUT2D eigenvalue weighted by Crippen LogP contribution is 2.27. The lowest BCUT2D eigenvalue weighted by Crippen LogP contribution is -2.28. The summed E-state index contributed by atoms with van der Waals surface area (Å²) in [5, 5.41) is 2.68. The van der Waals surface area contributed by atoms with Crippen LogP contribution in [0, 0.1) is 6.92 Å². The highest BCUT2D eigenvalue weighted by molar-refractivity contribution is 7.89. The number of carbonyl (C=O) groups is 1. The van der Waals surface area contributed by atoms with Crippen LogP contribution < -0.4 is 15.8 Å². The monoisotopic (exact) mass is 429 g/mol. The summed E-state index contributed by atoms with van der Waals surface area (Å²) in [5.41, 5.74) is 5.92. The number of amides is 1. The van der Waals surface area contributed by atoms with E-state index in [0.717, 1.165) is 12.8 Å². The average Bonchev–Trinajstić information content (AvgIpc) is 3.31. The fraction of sp³-hybridized carbons (Fsp3) is 0.389. The van der Waals surface area contributed by atoms with E-state index >= 15 is 0 Å². The van der Waals surface area contributed by atoms with Crippen molar-refractivity contribution in [3.8, 4) is 5.75 Å². The van der Waals surface area contributed by atoms with Gasteiger partial charge in [0.05, 0.1) is 0 Å². The van der Waals surface area contributed by atoms with Gasteiger partial charge in [0.1, 0.15) is 23.0 Å². The molecule has 1 saturated heterocycles. The molecule has 3 rings (SSSR count). The van der Waals surface area contributed by atoms with Crippen molar-refractivity contribution in [1.82, 2.24) is 4.31 Å². The molecule has 0 spiro atoms. The van der Waals surface area contributed by atoms with Gasteiger partial charge in [0.15, 0.2) is 5.76 Å². The second-order valence-electron chi connectivity index (χ2n) is 6.26. The summed E-state index contributed by atoms with van der Waals surface area (Å²) in [6.07, 6.45) is 1.68. The Bertz CT molecular complexity index is 906. The number of anilines is 1. The number of nitrogens with zero attached hydrogens (tertiary/aromatic N) is 1. The first-order valence-electron chi connectivity index (χ1n) is 8.76. The quantitative estimate of drug-likeness (QED) is 0.698. The van der Waals surface area contributed by atoms with Gasteiger partial charge in [-0.15, -0.1) is 12.4 Å². The molecule has 0 aliphatic carbocycles. The Morgan fingerprint density at radius 3 is 2.50 bits per heavy atom. The summed E-state index contributed by atoms with van der Waals surface area (Å²) in [5.74, 6) is 0.286. The van der Waals surface area contributed by atoms with E-state index in [4.69, 9.17) is 14.9 Å². The molecule has 1 aromatic carbocycles. The lowest BCUT2D eigenvalue weighted by Gasteiger charge is -2.14. The van der Waals surface area contributed by atoms with Gasteiger partial charge in [0.25, 0.3) is 5.91 Å². The molecular formula is C18H24ClN3O5S. The Morgan fingerprint density at radius 1 is 1.25 bits per heavy atom. The predicted octanol–water partition coefficient (Wildman–Crippen LogP) is 2.38. The largest absolute Gasteiger partial charge is 0.492 e. The first-order chi connectivity index (χ1) is 12.9. The fourth-order valence-electron chi connectivity index (χ4n) is 2.90. The number of ether oxygens (including phenoxy) is 1. The minimum absolute atomic E-state index is 0. The van der Waals surface area contributed by atoms with Crippen molar-refractivity contribution in [2.45, 2.75) is 24.7 Å². The van der Waals surface area contributed by atoms with Crippen LogP contribution in [0.5, 0.6) is 5.75 Å². The van der Waals surface area contributed by atoms with Crippen LogP contribution in [0.1, 0.15) is 29.2 Å². The number of rotatable bonds is 7. The maximum Gasteiger partial charge on any atom is 0.291 e. The normalized spacial score (nSPS) is 14.5. The number of aryl methyl sites for hydroxylation is 1. The number of carbonyl (C=O) groups excluding carboxylic acids is 1. The second kappa shape index (κ2) is 9.42. The van der Waals surface area contributed by atoms with Crippen molar-refractivity contribution >= 4 is 34.0 Å². The van der Waals surface area contributed by atoms with Crippen LogP contribution >= 0.6 is 12.4 Å². The Kier molecular flexibility index (Phi) is 7.48. The predicted molar refractivity (Wildman–Crippen MR) is 108 cm³/mol. The standard InChI is InChI=1S/C18H23N3O5S.ClH/c1-13-17(27(23,24)21-9-2-3-10-21)12-16(26-13)18(22)20-14-4-6-15(7-5-14)25-11-8-19;/h4-7,12H,2-3,8-11,19H2,1H3,(H,20,22);1H. The Morgan fingerprint density at radius 2 is 1.89 bits per heavy atom. The molecule has 154 valence electrons. The van der Waals surface area contributed by atoms with Crippen molar-refractivity contribution < 1.29 is 22.4 Å². The van der Waals surface area contributed by atoms with Crippen LogP contribution in [-0.4, -0.2) is 44.9 Å². The van der Waals surface area contributed by atoms with Gasteiger partial charge in [0, 0.05) is 31.4 Å². The topological polar surface area (TPSA) is 115 Å². The number of sulfonamides is 1. The second-order valence-corrected chi connectivity index (χ2v) is 8.16. The molecule has 1 fully saturated rings. The first kappa shape index (κ1) is 22.2. The maximum atomic E-state index is 12.7. The number of benzene rings is 1. The zero-order valence-corrected chi connectivity index (χ0v) is 17.1. The molecule has 0 radical (unpaired) electrons. The SMILES string of the molecule is Cc1oc(C(=O)Nc2ccc(OCCN)cc2)cc1S(=O)(=O)N1CCCC1.Cl. The zero-order valence-electron chi connectivity index (χ0n) is 15.5. The number of nitrogens with one attached hydrogen (secondary N) is 1. The Hall–Kier alpha value is -2.07. The van der Waals surface area contributed by atoms with E-state index in [2.05, 4.69) is 5.32 Å². The van der Waals surface area contributed by atoms with Crippen molar-refractivity contribution in [2.24, 2.45) is 5.73 Å².